The van der Waals surface area contributed by atoms with Crippen LogP contribution in [0.25, 0.3) is 10.9 Å². The zero-order chi connectivity index (χ0) is 18.8. The molecule has 1 saturated heterocycles. The van der Waals surface area contributed by atoms with Crippen LogP contribution in [0.3, 0.4) is 0 Å². The lowest BCUT2D eigenvalue weighted by Gasteiger charge is -2.32. The molecule has 0 aliphatic carbocycles. The average molecular weight is 366 g/mol. The number of methoxy groups -OCH3 is 1. The largest absolute Gasteiger partial charge is 0.497 e. The second-order valence-corrected chi connectivity index (χ2v) is 6.96. The number of H-pyrrole nitrogens is 1. The topological polar surface area (TPSA) is 80.2 Å². The van der Waals surface area contributed by atoms with Crippen LogP contribution >= 0.6 is 0 Å². The molecule has 1 N–H and O–H groups in total. The number of carbonyl (C=O) groups is 1. The van der Waals surface area contributed by atoms with Gasteiger partial charge in [-0.05, 0) is 37.0 Å². The Labute approximate surface area is 156 Å². The molecule has 1 aliphatic heterocycles. The normalized spacial score (nSPS) is 17.2. The van der Waals surface area contributed by atoms with E-state index in [9.17, 15) is 9.59 Å². The van der Waals surface area contributed by atoms with Gasteiger partial charge in [0.1, 0.15) is 11.3 Å². The van der Waals surface area contributed by atoms with Crippen molar-refractivity contribution in [3.05, 3.63) is 58.9 Å². The summed E-state index contributed by atoms with van der Waals surface area (Å²) in [5.41, 5.74) is 0.609. The third kappa shape index (κ3) is 3.45. The van der Waals surface area contributed by atoms with Gasteiger partial charge in [0.2, 0.25) is 5.43 Å². The summed E-state index contributed by atoms with van der Waals surface area (Å²) in [5, 5.41) is 0.465. The van der Waals surface area contributed by atoms with Crippen molar-refractivity contribution in [2.24, 2.45) is 5.92 Å². The number of benzene rings is 1. The first-order valence-corrected chi connectivity index (χ1v) is 9.10. The fraction of sp³-hybridized carbons (Fsp3) is 0.350. The van der Waals surface area contributed by atoms with Crippen molar-refractivity contribution >= 4 is 16.8 Å². The summed E-state index contributed by atoms with van der Waals surface area (Å²) >= 11 is 0. The van der Waals surface area contributed by atoms with Crippen LogP contribution in [-0.2, 0) is 6.54 Å². The molecule has 1 aliphatic rings. The second-order valence-electron chi connectivity index (χ2n) is 6.96. The Morgan fingerprint density at radius 2 is 2.30 bits per heavy atom. The number of likely N-dealkylation sites (tertiary alicyclic amines) is 1. The SMILES string of the molecule is COc1ccc2[nH]cc(C(=O)N3CCC[C@H](Cn4ccnc4)C3)c(=O)c2c1. The molecule has 140 valence electrons. The average Bonchev–Trinajstić information content (AvgIpc) is 3.21. The van der Waals surface area contributed by atoms with Crippen LogP contribution in [0.2, 0.25) is 0 Å². The molecular weight excluding hydrogens is 344 g/mol. The smallest absolute Gasteiger partial charge is 0.259 e. The molecule has 7 heteroatoms. The quantitative estimate of drug-likeness (QED) is 0.768. The summed E-state index contributed by atoms with van der Waals surface area (Å²) in [6, 6.07) is 5.24. The molecule has 1 atom stereocenters. The first-order valence-electron chi connectivity index (χ1n) is 9.10. The van der Waals surface area contributed by atoms with Crippen LogP contribution in [0.15, 0.2) is 47.9 Å². The number of pyridine rings is 1. The second kappa shape index (κ2) is 7.26. The molecule has 0 spiro atoms. The van der Waals surface area contributed by atoms with E-state index >= 15 is 0 Å². The molecule has 2 aromatic heterocycles. The highest BCUT2D eigenvalue weighted by atomic mass is 16.5. The van der Waals surface area contributed by atoms with Crippen molar-refractivity contribution in [1.82, 2.24) is 19.4 Å². The van der Waals surface area contributed by atoms with Crippen LogP contribution in [0.1, 0.15) is 23.2 Å². The Hall–Kier alpha value is -3.09. The molecule has 3 aromatic rings. The minimum Gasteiger partial charge on any atom is -0.497 e. The summed E-state index contributed by atoms with van der Waals surface area (Å²) < 4.78 is 7.24. The summed E-state index contributed by atoms with van der Waals surface area (Å²) in [7, 11) is 1.55. The third-order valence-electron chi connectivity index (χ3n) is 5.15. The molecule has 0 radical (unpaired) electrons. The van der Waals surface area contributed by atoms with Gasteiger partial charge in [0.25, 0.3) is 5.91 Å². The Bertz CT molecular complexity index is 1010. The van der Waals surface area contributed by atoms with Gasteiger partial charge in [0.05, 0.1) is 13.4 Å². The van der Waals surface area contributed by atoms with E-state index in [2.05, 4.69) is 9.97 Å². The van der Waals surface area contributed by atoms with Crippen molar-refractivity contribution in [2.75, 3.05) is 20.2 Å². The van der Waals surface area contributed by atoms with Crippen LogP contribution in [0.4, 0.5) is 0 Å². The molecule has 0 unspecified atom stereocenters. The fourth-order valence-electron chi connectivity index (χ4n) is 3.75. The molecule has 7 nitrogen and oxygen atoms in total. The monoisotopic (exact) mass is 366 g/mol. The molecule has 3 heterocycles. The van der Waals surface area contributed by atoms with Crippen LogP contribution in [0, 0.1) is 5.92 Å². The molecule has 27 heavy (non-hydrogen) atoms. The minimum atomic E-state index is -0.260. The van der Waals surface area contributed by atoms with Crippen molar-refractivity contribution in [3.8, 4) is 5.75 Å². The maximum Gasteiger partial charge on any atom is 0.259 e. The molecule has 0 saturated carbocycles. The number of nitrogens with one attached hydrogen (secondary N) is 1. The number of ether oxygens (including phenoxy) is 1. The number of carbonyl (C=O) groups excluding carboxylic acids is 1. The van der Waals surface area contributed by atoms with E-state index in [4.69, 9.17) is 4.74 Å². The van der Waals surface area contributed by atoms with Gasteiger partial charge in [0.15, 0.2) is 0 Å². The zero-order valence-electron chi connectivity index (χ0n) is 15.2. The van der Waals surface area contributed by atoms with Gasteiger partial charge < -0.3 is 19.2 Å². The third-order valence-corrected chi connectivity index (χ3v) is 5.15. The molecule has 1 amide bonds. The van der Waals surface area contributed by atoms with E-state index < -0.39 is 0 Å². The summed E-state index contributed by atoms with van der Waals surface area (Å²) in [5.74, 6) is 0.740. The Kier molecular flexibility index (Phi) is 4.66. The number of amides is 1. The van der Waals surface area contributed by atoms with Crippen LogP contribution in [0.5, 0.6) is 5.75 Å². The van der Waals surface area contributed by atoms with Crippen molar-refractivity contribution < 1.29 is 9.53 Å². The highest BCUT2D eigenvalue weighted by Crippen LogP contribution is 2.21. The van der Waals surface area contributed by atoms with E-state index in [1.54, 1.807) is 42.7 Å². The molecule has 1 aromatic carbocycles. The fourth-order valence-corrected chi connectivity index (χ4v) is 3.75. The number of hydrogen-bond donors (Lipinski definition) is 1. The summed E-state index contributed by atoms with van der Waals surface area (Å²) in [6.07, 6.45) is 9.01. The highest BCUT2D eigenvalue weighted by Gasteiger charge is 2.26. The molecular formula is C20H22N4O3. The van der Waals surface area contributed by atoms with Crippen LogP contribution < -0.4 is 10.2 Å². The first kappa shape index (κ1) is 17.3. The van der Waals surface area contributed by atoms with Crippen molar-refractivity contribution in [2.45, 2.75) is 19.4 Å². The maximum absolute atomic E-state index is 13.0. The Balaban J connectivity index is 1.58. The lowest BCUT2D eigenvalue weighted by atomic mass is 9.97. The van der Waals surface area contributed by atoms with Gasteiger partial charge in [0, 0.05) is 49.1 Å². The lowest BCUT2D eigenvalue weighted by molar-refractivity contribution is 0.0661. The zero-order valence-corrected chi connectivity index (χ0v) is 15.2. The number of hydrogen-bond acceptors (Lipinski definition) is 4. The van der Waals surface area contributed by atoms with Gasteiger partial charge in [-0.2, -0.15) is 0 Å². The number of piperidine rings is 1. The number of aromatic nitrogens is 3. The predicted octanol–water partition coefficient (Wildman–Crippen LogP) is 2.29. The number of imidazole rings is 1. The van der Waals surface area contributed by atoms with E-state index in [1.807, 2.05) is 10.8 Å². The summed E-state index contributed by atoms with van der Waals surface area (Å²) in [6.45, 7) is 2.15. The van der Waals surface area contributed by atoms with Crippen molar-refractivity contribution in [1.29, 1.82) is 0 Å². The standard InChI is InChI=1S/C20H22N4O3/c1-27-15-4-5-18-16(9-15)19(25)17(10-22-18)20(26)24-7-2-3-14(12-24)11-23-8-6-21-13-23/h4-6,8-10,13-14H,2-3,7,11-12H2,1H3,(H,22,25)/t14-/m1/s1. The first-order chi connectivity index (χ1) is 13.2. The Morgan fingerprint density at radius 3 is 3.07 bits per heavy atom. The van der Waals surface area contributed by atoms with Crippen LogP contribution in [-0.4, -0.2) is 45.5 Å². The number of fused-ring (bicyclic) bond motifs is 1. The maximum atomic E-state index is 13.0. The van der Waals surface area contributed by atoms with Gasteiger partial charge in [-0.1, -0.05) is 0 Å². The summed E-state index contributed by atoms with van der Waals surface area (Å²) in [4.78, 5) is 34.8. The van der Waals surface area contributed by atoms with E-state index in [1.165, 1.54) is 6.20 Å². The van der Waals surface area contributed by atoms with Crippen molar-refractivity contribution in [3.63, 3.8) is 0 Å². The Morgan fingerprint density at radius 1 is 1.41 bits per heavy atom. The van der Waals surface area contributed by atoms with E-state index in [0.29, 0.717) is 35.7 Å². The van der Waals surface area contributed by atoms with Gasteiger partial charge in [-0.25, -0.2) is 4.98 Å². The number of nitrogens with zero attached hydrogens (tertiary/aromatic N) is 3. The van der Waals surface area contributed by atoms with E-state index in [-0.39, 0.29) is 16.9 Å². The lowest BCUT2D eigenvalue weighted by Crippen LogP contribution is -2.42. The van der Waals surface area contributed by atoms with E-state index in [0.717, 1.165) is 19.4 Å². The molecule has 4 rings (SSSR count). The number of rotatable bonds is 4. The highest BCUT2D eigenvalue weighted by molar-refractivity contribution is 5.97. The van der Waals surface area contributed by atoms with Gasteiger partial charge >= 0.3 is 0 Å². The van der Waals surface area contributed by atoms with Gasteiger partial charge in [-0.15, -0.1) is 0 Å². The minimum absolute atomic E-state index is 0.180. The number of aromatic amines is 1. The van der Waals surface area contributed by atoms with Gasteiger partial charge in [-0.3, -0.25) is 9.59 Å². The molecule has 0 bridgehead atoms. The molecule has 1 fully saturated rings. The predicted molar refractivity (Wildman–Crippen MR) is 102 cm³/mol.